The lowest BCUT2D eigenvalue weighted by Gasteiger charge is -2.11. The fourth-order valence-corrected chi connectivity index (χ4v) is 2.36. The maximum Gasteiger partial charge on any atom is 0.280 e. The smallest absolute Gasteiger partial charge is 0.280 e. The third kappa shape index (κ3) is 3.22. The summed E-state index contributed by atoms with van der Waals surface area (Å²) < 4.78 is 11.8. The van der Waals surface area contributed by atoms with Crippen LogP contribution in [0.25, 0.3) is 11.2 Å². The summed E-state index contributed by atoms with van der Waals surface area (Å²) in [4.78, 5) is 34.3. The van der Waals surface area contributed by atoms with Gasteiger partial charge in [-0.05, 0) is 12.1 Å². The van der Waals surface area contributed by atoms with Crippen LogP contribution in [0.1, 0.15) is 0 Å². The number of methoxy groups -OCH3 is 2. The van der Waals surface area contributed by atoms with Crippen molar-refractivity contribution in [2.24, 2.45) is 0 Å². The van der Waals surface area contributed by atoms with Crippen molar-refractivity contribution < 1.29 is 14.3 Å². The van der Waals surface area contributed by atoms with Crippen molar-refractivity contribution in [1.82, 2.24) is 19.5 Å². The second-order valence-corrected chi connectivity index (χ2v) is 5.11. The van der Waals surface area contributed by atoms with E-state index < -0.39 is 5.56 Å². The van der Waals surface area contributed by atoms with Gasteiger partial charge in [0.1, 0.15) is 6.54 Å². The summed E-state index contributed by atoms with van der Waals surface area (Å²) in [5.74, 6) is 0.682. The highest BCUT2D eigenvalue weighted by Crippen LogP contribution is 2.29. The number of nitrogens with one attached hydrogen (secondary N) is 2. The van der Waals surface area contributed by atoms with Gasteiger partial charge in [0, 0.05) is 11.8 Å². The number of nitrogen functional groups attached to an aromatic ring is 1. The van der Waals surface area contributed by atoms with Crippen molar-refractivity contribution >= 4 is 28.7 Å². The number of hydrogen-bond donors (Lipinski definition) is 3. The number of fused-ring (bicyclic) bond motifs is 1. The maximum atomic E-state index is 12.3. The van der Waals surface area contributed by atoms with Crippen LogP contribution in [0.15, 0.2) is 29.3 Å². The molecule has 10 heteroatoms. The van der Waals surface area contributed by atoms with Crippen LogP contribution >= 0.6 is 0 Å². The molecule has 10 nitrogen and oxygen atoms in total. The standard InChI is InChI=1S/C15H16N6O4/c1-24-9-4-3-8(5-10(9)25-2)18-11(22)6-21-7-17-12-13(21)19-15(16)20-14(12)23/h3-5,7H,6H2,1-2H3,(H,18,22)(H3,16,19,20,23). The predicted molar refractivity (Wildman–Crippen MR) is 90.7 cm³/mol. The molecule has 1 aromatic carbocycles. The molecule has 0 atom stereocenters. The van der Waals surface area contributed by atoms with Gasteiger partial charge in [0.25, 0.3) is 5.56 Å². The second-order valence-electron chi connectivity index (χ2n) is 5.11. The molecule has 0 saturated heterocycles. The van der Waals surface area contributed by atoms with E-state index in [-0.39, 0.29) is 29.6 Å². The van der Waals surface area contributed by atoms with E-state index in [4.69, 9.17) is 15.2 Å². The summed E-state index contributed by atoms with van der Waals surface area (Å²) in [6, 6.07) is 5.01. The number of imidazole rings is 1. The number of ether oxygens (including phenoxy) is 2. The zero-order chi connectivity index (χ0) is 18.0. The molecule has 1 amide bonds. The molecule has 2 aromatic heterocycles. The Kier molecular flexibility index (Phi) is 4.25. The largest absolute Gasteiger partial charge is 0.493 e. The molecule has 0 unspecified atom stereocenters. The minimum Gasteiger partial charge on any atom is -0.493 e. The quantitative estimate of drug-likeness (QED) is 0.607. The summed E-state index contributed by atoms with van der Waals surface area (Å²) in [5.41, 5.74) is 5.97. The Morgan fingerprint density at radius 3 is 2.80 bits per heavy atom. The van der Waals surface area contributed by atoms with Crippen LogP contribution in [-0.2, 0) is 11.3 Å². The Bertz CT molecular complexity index is 993. The number of carbonyl (C=O) groups excluding carboxylic acids is 1. The number of anilines is 2. The number of aromatic amines is 1. The molecular formula is C15H16N6O4. The fraction of sp³-hybridized carbons (Fsp3) is 0.200. The van der Waals surface area contributed by atoms with Gasteiger partial charge in [0.05, 0.1) is 20.5 Å². The molecule has 0 radical (unpaired) electrons. The van der Waals surface area contributed by atoms with Crippen LogP contribution in [0.5, 0.6) is 11.5 Å². The van der Waals surface area contributed by atoms with Gasteiger partial charge in [-0.3, -0.25) is 14.6 Å². The van der Waals surface area contributed by atoms with Gasteiger partial charge in [-0.2, -0.15) is 4.98 Å². The summed E-state index contributed by atoms with van der Waals surface area (Å²) in [6.45, 7) is -0.0826. The van der Waals surface area contributed by atoms with Crippen LogP contribution in [0.2, 0.25) is 0 Å². The molecule has 3 aromatic rings. The summed E-state index contributed by atoms with van der Waals surface area (Å²) in [7, 11) is 3.04. The second kappa shape index (κ2) is 6.51. The van der Waals surface area contributed by atoms with Gasteiger partial charge >= 0.3 is 0 Å². The van der Waals surface area contributed by atoms with Gasteiger partial charge in [-0.1, -0.05) is 0 Å². The predicted octanol–water partition coefficient (Wildman–Crippen LogP) is 0.358. The monoisotopic (exact) mass is 344 g/mol. The summed E-state index contributed by atoms with van der Waals surface area (Å²) in [6.07, 6.45) is 1.36. The van der Waals surface area contributed by atoms with Crippen LogP contribution < -0.4 is 26.1 Å². The number of amides is 1. The van der Waals surface area contributed by atoms with Crippen molar-refractivity contribution in [2.75, 3.05) is 25.3 Å². The van der Waals surface area contributed by atoms with E-state index >= 15 is 0 Å². The molecule has 130 valence electrons. The van der Waals surface area contributed by atoms with E-state index in [2.05, 4.69) is 20.3 Å². The molecule has 3 rings (SSSR count). The van der Waals surface area contributed by atoms with E-state index in [1.54, 1.807) is 18.2 Å². The number of hydrogen-bond acceptors (Lipinski definition) is 7. The zero-order valence-corrected chi connectivity index (χ0v) is 13.6. The lowest BCUT2D eigenvalue weighted by molar-refractivity contribution is -0.116. The average Bonchev–Trinajstić information content (AvgIpc) is 2.97. The first kappa shape index (κ1) is 16.3. The average molecular weight is 344 g/mol. The Morgan fingerprint density at radius 1 is 1.32 bits per heavy atom. The van der Waals surface area contributed by atoms with Crippen molar-refractivity contribution in [3.63, 3.8) is 0 Å². The van der Waals surface area contributed by atoms with Crippen molar-refractivity contribution in [1.29, 1.82) is 0 Å². The first-order valence-electron chi connectivity index (χ1n) is 7.24. The summed E-state index contributed by atoms with van der Waals surface area (Å²) >= 11 is 0. The number of nitrogens with zero attached hydrogens (tertiary/aromatic N) is 3. The normalized spacial score (nSPS) is 10.6. The molecule has 0 aliphatic rings. The van der Waals surface area contributed by atoms with E-state index in [1.807, 2.05) is 0 Å². The van der Waals surface area contributed by atoms with Gasteiger partial charge in [0.15, 0.2) is 22.7 Å². The zero-order valence-electron chi connectivity index (χ0n) is 13.6. The molecule has 0 bridgehead atoms. The number of rotatable bonds is 5. The molecule has 25 heavy (non-hydrogen) atoms. The first-order valence-corrected chi connectivity index (χ1v) is 7.24. The highest BCUT2D eigenvalue weighted by molar-refractivity contribution is 5.91. The maximum absolute atomic E-state index is 12.3. The Morgan fingerprint density at radius 2 is 2.08 bits per heavy atom. The van der Waals surface area contributed by atoms with E-state index in [9.17, 15) is 9.59 Å². The number of nitrogens with two attached hydrogens (primary N) is 1. The Hall–Kier alpha value is -3.56. The first-order chi connectivity index (χ1) is 12.0. The van der Waals surface area contributed by atoms with Crippen LogP contribution in [-0.4, -0.2) is 39.6 Å². The topological polar surface area (TPSA) is 137 Å². The fourth-order valence-electron chi connectivity index (χ4n) is 2.36. The van der Waals surface area contributed by atoms with Crippen molar-refractivity contribution in [2.45, 2.75) is 6.54 Å². The molecule has 0 saturated carbocycles. The molecule has 0 fully saturated rings. The Balaban J connectivity index is 1.80. The molecule has 4 N–H and O–H groups in total. The molecule has 0 spiro atoms. The minimum absolute atomic E-state index is 0.0421. The van der Waals surface area contributed by atoms with E-state index in [0.29, 0.717) is 17.2 Å². The highest BCUT2D eigenvalue weighted by atomic mass is 16.5. The lowest BCUT2D eigenvalue weighted by Crippen LogP contribution is -2.19. The third-order valence-electron chi connectivity index (χ3n) is 3.47. The summed E-state index contributed by atoms with van der Waals surface area (Å²) in [5, 5.41) is 2.73. The van der Waals surface area contributed by atoms with Gasteiger partial charge < -0.3 is 25.1 Å². The molecule has 0 aliphatic heterocycles. The molecule has 2 heterocycles. The Labute approximate surface area is 141 Å². The molecular weight excluding hydrogens is 328 g/mol. The van der Waals surface area contributed by atoms with Gasteiger partial charge in [-0.25, -0.2) is 4.98 Å². The van der Waals surface area contributed by atoms with Crippen LogP contribution in [0.4, 0.5) is 11.6 Å². The van der Waals surface area contributed by atoms with E-state index in [0.717, 1.165) is 0 Å². The molecule has 0 aliphatic carbocycles. The van der Waals surface area contributed by atoms with Crippen LogP contribution in [0.3, 0.4) is 0 Å². The number of H-pyrrole nitrogens is 1. The number of carbonyl (C=O) groups is 1. The SMILES string of the molecule is COc1ccc(NC(=O)Cn2cnc3c(=O)[nH]c(N)nc32)cc1OC. The van der Waals surface area contributed by atoms with Gasteiger partial charge in [-0.15, -0.1) is 0 Å². The third-order valence-corrected chi connectivity index (χ3v) is 3.47. The highest BCUT2D eigenvalue weighted by Gasteiger charge is 2.13. The van der Waals surface area contributed by atoms with Crippen LogP contribution in [0, 0.1) is 0 Å². The van der Waals surface area contributed by atoms with E-state index in [1.165, 1.54) is 25.1 Å². The lowest BCUT2D eigenvalue weighted by atomic mass is 10.2. The number of benzene rings is 1. The number of aromatic nitrogens is 4. The van der Waals surface area contributed by atoms with Crippen molar-refractivity contribution in [3.05, 3.63) is 34.9 Å². The van der Waals surface area contributed by atoms with Gasteiger partial charge in [0.2, 0.25) is 11.9 Å². The van der Waals surface area contributed by atoms with Crippen molar-refractivity contribution in [3.8, 4) is 11.5 Å². The minimum atomic E-state index is -0.457.